The fourth-order valence-corrected chi connectivity index (χ4v) is 3.69. The van der Waals surface area contributed by atoms with Crippen LogP contribution in [0.3, 0.4) is 0 Å². The maximum atomic E-state index is 11.5. The molecule has 3 rings (SSSR count). The van der Waals surface area contributed by atoms with Gasteiger partial charge in [0.15, 0.2) is 0 Å². The van der Waals surface area contributed by atoms with E-state index in [2.05, 4.69) is 39.9 Å². The van der Waals surface area contributed by atoms with Crippen LogP contribution in [0.25, 0.3) is 0 Å². The first kappa shape index (κ1) is 17.2. The summed E-state index contributed by atoms with van der Waals surface area (Å²) in [4.78, 5) is 18.8. The van der Waals surface area contributed by atoms with Gasteiger partial charge in [-0.3, -0.25) is 9.69 Å². The number of benzene rings is 1. The molecule has 0 aromatic heterocycles. The van der Waals surface area contributed by atoms with Crippen molar-refractivity contribution in [2.75, 3.05) is 57.8 Å². The summed E-state index contributed by atoms with van der Waals surface area (Å²) in [6, 6.07) is 6.75. The van der Waals surface area contributed by atoms with Crippen LogP contribution >= 0.6 is 0 Å². The van der Waals surface area contributed by atoms with E-state index in [1.165, 1.54) is 16.8 Å². The van der Waals surface area contributed by atoms with Crippen molar-refractivity contribution in [3.63, 3.8) is 0 Å². The number of nitrogens with zero attached hydrogens (tertiary/aromatic N) is 3. The number of hydrogen-bond donors (Lipinski definition) is 0. The summed E-state index contributed by atoms with van der Waals surface area (Å²) < 4.78 is 5.01. The van der Waals surface area contributed by atoms with Gasteiger partial charge in [0.25, 0.3) is 0 Å². The molecule has 2 heterocycles. The van der Waals surface area contributed by atoms with Crippen molar-refractivity contribution < 1.29 is 9.53 Å². The Labute approximate surface area is 145 Å². The van der Waals surface area contributed by atoms with Crippen LogP contribution in [0.15, 0.2) is 18.2 Å². The quantitative estimate of drug-likeness (QED) is 0.768. The number of carbonyl (C=O) groups excluding carboxylic acids is 1. The van der Waals surface area contributed by atoms with Gasteiger partial charge in [0.1, 0.15) is 0 Å². The third kappa shape index (κ3) is 4.08. The van der Waals surface area contributed by atoms with Crippen molar-refractivity contribution in [2.45, 2.75) is 26.3 Å². The van der Waals surface area contributed by atoms with Crippen LogP contribution in [0.2, 0.25) is 0 Å². The topological polar surface area (TPSA) is 36.0 Å². The van der Waals surface area contributed by atoms with E-state index in [1.54, 1.807) is 0 Å². The van der Waals surface area contributed by atoms with Gasteiger partial charge >= 0.3 is 5.97 Å². The zero-order chi connectivity index (χ0) is 16.9. The van der Waals surface area contributed by atoms with Gasteiger partial charge in [-0.2, -0.15) is 0 Å². The fourth-order valence-electron chi connectivity index (χ4n) is 3.69. The molecule has 1 fully saturated rings. The van der Waals surface area contributed by atoms with Crippen LogP contribution in [0.5, 0.6) is 0 Å². The van der Waals surface area contributed by atoms with Crippen molar-refractivity contribution in [1.82, 2.24) is 9.80 Å². The summed E-state index contributed by atoms with van der Waals surface area (Å²) >= 11 is 0. The van der Waals surface area contributed by atoms with E-state index < -0.39 is 0 Å². The fraction of sp³-hybridized carbons (Fsp3) is 0.632. The Bertz CT molecular complexity index is 568. The van der Waals surface area contributed by atoms with E-state index in [9.17, 15) is 4.79 Å². The largest absolute Gasteiger partial charge is 0.466 e. The average Bonchev–Trinajstić information content (AvgIpc) is 2.60. The Hall–Kier alpha value is -1.59. The molecule has 132 valence electrons. The molecule has 1 aromatic carbocycles. The lowest BCUT2D eigenvalue weighted by Crippen LogP contribution is -2.47. The van der Waals surface area contributed by atoms with E-state index in [0.717, 1.165) is 52.2 Å². The summed E-state index contributed by atoms with van der Waals surface area (Å²) in [5, 5.41) is 0. The molecule has 0 aliphatic carbocycles. The lowest BCUT2D eigenvalue weighted by Gasteiger charge is -2.38. The number of likely N-dealkylation sites (N-methyl/N-ethyl adjacent to an activating group) is 1. The van der Waals surface area contributed by atoms with Gasteiger partial charge in [-0.05, 0) is 37.6 Å². The lowest BCUT2D eigenvalue weighted by atomic mass is 9.97. The number of hydrogen-bond acceptors (Lipinski definition) is 5. The molecular weight excluding hydrogens is 302 g/mol. The Kier molecular flexibility index (Phi) is 5.74. The van der Waals surface area contributed by atoms with Gasteiger partial charge in [0.05, 0.1) is 13.0 Å². The number of piperazine rings is 1. The Morgan fingerprint density at radius 1 is 1.17 bits per heavy atom. The first-order valence-electron chi connectivity index (χ1n) is 9.09. The number of fused-ring (bicyclic) bond motifs is 1. The molecule has 0 N–H and O–H groups in total. The average molecular weight is 331 g/mol. The van der Waals surface area contributed by atoms with Crippen molar-refractivity contribution in [1.29, 1.82) is 0 Å². The molecule has 2 aliphatic heterocycles. The highest BCUT2D eigenvalue weighted by Crippen LogP contribution is 2.29. The van der Waals surface area contributed by atoms with E-state index in [0.29, 0.717) is 13.0 Å². The van der Waals surface area contributed by atoms with E-state index in [1.807, 2.05) is 6.92 Å². The summed E-state index contributed by atoms with van der Waals surface area (Å²) in [7, 11) is 2.20. The molecule has 0 atom stereocenters. The molecule has 1 saturated heterocycles. The number of ether oxygens (including phenoxy) is 1. The van der Waals surface area contributed by atoms with Gasteiger partial charge in [-0.25, -0.2) is 0 Å². The molecule has 2 aliphatic rings. The molecule has 0 bridgehead atoms. The standard InChI is InChI=1S/C19H29N3O2/c1-3-24-19(23)8-10-21-11-13-22(14-12-21)18-6-4-5-16-7-9-20(2)15-17(16)18/h4-6H,3,7-15H2,1-2H3. The number of esters is 1. The normalized spacial score (nSPS) is 19.2. The number of anilines is 1. The van der Waals surface area contributed by atoms with Crippen molar-refractivity contribution in [3.8, 4) is 0 Å². The zero-order valence-electron chi connectivity index (χ0n) is 15.0. The zero-order valence-corrected chi connectivity index (χ0v) is 15.0. The van der Waals surface area contributed by atoms with Crippen molar-refractivity contribution in [3.05, 3.63) is 29.3 Å². The van der Waals surface area contributed by atoms with Crippen LogP contribution in [0, 0.1) is 0 Å². The van der Waals surface area contributed by atoms with Crippen LogP contribution < -0.4 is 4.90 Å². The molecule has 5 nitrogen and oxygen atoms in total. The predicted octanol–water partition coefficient (Wildman–Crippen LogP) is 1.75. The summed E-state index contributed by atoms with van der Waals surface area (Å²) in [6.07, 6.45) is 1.65. The molecule has 0 radical (unpaired) electrons. The minimum atomic E-state index is -0.0832. The SMILES string of the molecule is CCOC(=O)CCN1CCN(c2cccc3c2CN(C)CC3)CC1. The molecular formula is C19H29N3O2. The van der Waals surface area contributed by atoms with Gasteiger partial charge in [0.2, 0.25) is 0 Å². The second-order valence-corrected chi connectivity index (χ2v) is 6.79. The Balaban J connectivity index is 1.57. The first-order chi connectivity index (χ1) is 11.7. The van der Waals surface area contributed by atoms with E-state index >= 15 is 0 Å². The van der Waals surface area contributed by atoms with Gasteiger partial charge in [-0.15, -0.1) is 0 Å². The predicted molar refractivity (Wildman–Crippen MR) is 96.4 cm³/mol. The van der Waals surface area contributed by atoms with E-state index in [-0.39, 0.29) is 5.97 Å². The lowest BCUT2D eigenvalue weighted by molar-refractivity contribution is -0.143. The number of rotatable bonds is 5. The molecule has 1 aromatic rings. The third-order valence-corrected chi connectivity index (χ3v) is 5.09. The smallest absolute Gasteiger partial charge is 0.307 e. The number of carbonyl (C=O) groups is 1. The molecule has 0 amide bonds. The first-order valence-corrected chi connectivity index (χ1v) is 9.09. The van der Waals surface area contributed by atoms with Gasteiger partial charge in [-0.1, -0.05) is 12.1 Å². The summed E-state index contributed by atoms with van der Waals surface area (Å²) in [6.45, 7) is 9.42. The molecule has 0 unspecified atom stereocenters. The van der Waals surface area contributed by atoms with Crippen molar-refractivity contribution >= 4 is 11.7 Å². The summed E-state index contributed by atoms with van der Waals surface area (Å²) in [5.41, 5.74) is 4.42. The minimum Gasteiger partial charge on any atom is -0.466 e. The minimum absolute atomic E-state index is 0.0832. The van der Waals surface area contributed by atoms with Crippen LogP contribution in [0.1, 0.15) is 24.5 Å². The third-order valence-electron chi connectivity index (χ3n) is 5.09. The molecule has 5 heteroatoms. The highest BCUT2D eigenvalue weighted by molar-refractivity contribution is 5.69. The van der Waals surface area contributed by atoms with Gasteiger partial charge < -0.3 is 14.5 Å². The van der Waals surface area contributed by atoms with Crippen LogP contribution in [-0.4, -0.2) is 68.7 Å². The molecule has 0 spiro atoms. The van der Waals surface area contributed by atoms with Crippen LogP contribution in [-0.2, 0) is 22.5 Å². The Morgan fingerprint density at radius 2 is 1.96 bits per heavy atom. The second kappa shape index (κ2) is 7.99. The van der Waals surface area contributed by atoms with Gasteiger partial charge in [0, 0.05) is 51.5 Å². The monoisotopic (exact) mass is 331 g/mol. The maximum Gasteiger partial charge on any atom is 0.307 e. The van der Waals surface area contributed by atoms with Crippen LogP contribution in [0.4, 0.5) is 5.69 Å². The Morgan fingerprint density at radius 3 is 2.71 bits per heavy atom. The highest BCUT2D eigenvalue weighted by Gasteiger charge is 2.23. The molecule has 24 heavy (non-hydrogen) atoms. The second-order valence-electron chi connectivity index (χ2n) is 6.79. The van der Waals surface area contributed by atoms with E-state index in [4.69, 9.17) is 4.74 Å². The molecule has 0 saturated carbocycles. The maximum absolute atomic E-state index is 11.5. The highest BCUT2D eigenvalue weighted by atomic mass is 16.5. The van der Waals surface area contributed by atoms with Crippen molar-refractivity contribution in [2.24, 2.45) is 0 Å². The summed E-state index contributed by atoms with van der Waals surface area (Å²) in [5.74, 6) is -0.0832.